The molecule has 0 bridgehead atoms. The molecule has 1 aromatic carbocycles. The molecule has 4 heteroatoms. The third-order valence-electron chi connectivity index (χ3n) is 5.10. The molecule has 0 aliphatic carbocycles. The van der Waals surface area contributed by atoms with Crippen LogP contribution in [0.1, 0.15) is 26.3 Å². The van der Waals surface area contributed by atoms with Gasteiger partial charge in [-0.1, -0.05) is 63.3 Å². The second-order valence-electron chi connectivity index (χ2n) is 8.04. The maximum absolute atomic E-state index is 6.38. The van der Waals surface area contributed by atoms with Gasteiger partial charge < -0.3 is 13.9 Å². The summed E-state index contributed by atoms with van der Waals surface area (Å²) in [5.74, 6) is 0.267. The highest BCUT2D eigenvalue weighted by molar-refractivity contribution is 6.74. The zero-order valence-corrected chi connectivity index (χ0v) is 16.7. The Kier molecular flexibility index (Phi) is 6.81. The molecule has 0 unspecified atom stereocenters. The molecule has 0 saturated heterocycles. The quantitative estimate of drug-likeness (QED) is 0.523. The summed E-state index contributed by atoms with van der Waals surface area (Å²) >= 11 is 0. The molecule has 0 fully saturated rings. The summed E-state index contributed by atoms with van der Waals surface area (Å²) in [6, 6.07) is 10.3. The van der Waals surface area contributed by atoms with Crippen LogP contribution in [0.25, 0.3) is 0 Å². The van der Waals surface area contributed by atoms with E-state index in [1.807, 2.05) is 18.2 Å². The van der Waals surface area contributed by atoms with E-state index in [0.29, 0.717) is 26.4 Å². The number of benzene rings is 1. The molecule has 2 rings (SSSR count). The molecule has 0 amide bonds. The smallest absolute Gasteiger partial charge is 0.192 e. The Balaban J connectivity index is 1.84. The van der Waals surface area contributed by atoms with Gasteiger partial charge in [-0.25, -0.2) is 0 Å². The third-order valence-corrected chi connectivity index (χ3v) is 9.60. The fraction of sp³-hybridized carbons (Fsp3) is 0.600. The van der Waals surface area contributed by atoms with Crippen LogP contribution in [0.3, 0.4) is 0 Å². The summed E-state index contributed by atoms with van der Waals surface area (Å²) in [7, 11) is -1.73. The SMILES string of the molecule is CC(C)(C)[Si](C)(C)OC[C@H]1C=CCO[C@@H]1COCc1ccccc1. The Labute approximate surface area is 148 Å². The minimum atomic E-state index is -1.73. The van der Waals surface area contributed by atoms with Gasteiger partial charge in [0.25, 0.3) is 0 Å². The third kappa shape index (κ3) is 5.55. The van der Waals surface area contributed by atoms with Gasteiger partial charge in [-0.2, -0.15) is 0 Å². The van der Waals surface area contributed by atoms with Gasteiger partial charge in [0.05, 0.1) is 25.9 Å². The van der Waals surface area contributed by atoms with Crippen LogP contribution in [-0.4, -0.2) is 34.2 Å². The van der Waals surface area contributed by atoms with Gasteiger partial charge in [0.15, 0.2) is 8.32 Å². The molecule has 2 atom stereocenters. The van der Waals surface area contributed by atoms with Crippen LogP contribution in [0.2, 0.25) is 18.1 Å². The monoisotopic (exact) mass is 348 g/mol. The van der Waals surface area contributed by atoms with E-state index in [2.05, 4.69) is 58.2 Å². The van der Waals surface area contributed by atoms with Crippen molar-refractivity contribution in [2.45, 2.75) is 51.6 Å². The van der Waals surface area contributed by atoms with Crippen molar-refractivity contribution in [3.8, 4) is 0 Å². The van der Waals surface area contributed by atoms with Crippen LogP contribution in [0.4, 0.5) is 0 Å². The molecule has 1 aromatic rings. The predicted octanol–water partition coefficient (Wildman–Crippen LogP) is 4.80. The number of hydrogen-bond acceptors (Lipinski definition) is 3. The first-order chi connectivity index (χ1) is 11.3. The molecule has 1 aliphatic rings. The first kappa shape index (κ1) is 19.4. The van der Waals surface area contributed by atoms with Crippen LogP contribution < -0.4 is 0 Å². The molecule has 0 N–H and O–H groups in total. The first-order valence-electron chi connectivity index (χ1n) is 8.83. The Hall–Kier alpha value is -0.943. The molecule has 24 heavy (non-hydrogen) atoms. The van der Waals surface area contributed by atoms with E-state index in [0.717, 1.165) is 0 Å². The Morgan fingerprint density at radius 3 is 2.50 bits per heavy atom. The molecule has 1 heterocycles. The highest BCUT2D eigenvalue weighted by atomic mass is 28.4. The molecule has 0 aromatic heterocycles. The van der Waals surface area contributed by atoms with Crippen molar-refractivity contribution in [1.29, 1.82) is 0 Å². The number of rotatable bonds is 7. The summed E-state index contributed by atoms with van der Waals surface area (Å²) in [6.07, 6.45) is 4.39. The zero-order chi connectivity index (χ0) is 17.6. The summed E-state index contributed by atoms with van der Waals surface area (Å²) < 4.78 is 18.2. The van der Waals surface area contributed by atoms with Gasteiger partial charge in [0.1, 0.15) is 0 Å². The minimum Gasteiger partial charge on any atom is -0.416 e. The standard InChI is InChI=1S/C20H32O3Si/c1-20(2,3)24(4,5)23-15-18-12-9-13-22-19(18)16-21-14-17-10-7-6-8-11-17/h6-12,18-19H,13-16H2,1-5H3/t18-,19-/m1/s1. The fourth-order valence-electron chi connectivity index (χ4n) is 2.38. The topological polar surface area (TPSA) is 27.7 Å². The lowest BCUT2D eigenvalue weighted by Gasteiger charge is -2.38. The van der Waals surface area contributed by atoms with Gasteiger partial charge in [-0.3, -0.25) is 0 Å². The summed E-state index contributed by atoms with van der Waals surface area (Å²) in [4.78, 5) is 0. The lowest BCUT2D eigenvalue weighted by atomic mass is 10.0. The van der Waals surface area contributed by atoms with Crippen molar-refractivity contribution in [1.82, 2.24) is 0 Å². The number of ether oxygens (including phenoxy) is 2. The fourth-order valence-corrected chi connectivity index (χ4v) is 3.42. The van der Waals surface area contributed by atoms with E-state index >= 15 is 0 Å². The molecule has 0 saturated carbocycles. The van der Waals surface area contributed by atoms with Gasteiger partial charge in [0, 0.05) is 12.5 Å². The average molecular weight is 349 g/mol. The lowest BCUT2D eigenvalue weighted by Crippen LogP contribution is -2.44. The van der Waals surface area contributed by atoms with Crippen molar-refractivity contribution >= 4 is 8.32 Å². The summed E-state index contributed by atoms with van der Waals surface area (Å²) in [5.41, 5.74) is 1.19. The van der Waals surface area contributed by atoms with Crippen molar-refractivity contribution in [2.75, 3.05) is 19.8 Å². The molecule has 3 nitrogen and oxygen atoms in total. The van der Waals surface area contributed by atoms with E-state index in [9.17, 15) is 0 Å². The second-order valence-corrected chi connectivity index (χ2v) is 12.8. The molecule has 0 radical (unpaired) electrons. The van der Waals surface area contributed by atoms with Gasteiger partial charge in [-0.15, -0.1) is 0 Å². The molecule has 134 valence electrons. The van der Waals surface area contributed by atoms with Crippen LogP contribution in [0.15, 0.2) is 42.5 Å². The second kappa shape index (κ2) is 8.43. The highest BCUT2D eigenvalue weighted by Crippen LogP contribution is 2.37. The lowest BCUT2D eigenvalue weighted by molar-refractivity contribution is -0.0467. The maximum Gasteiger partial charge on any atom is 0.192 e. The normalized spacial score (nSPS) is 21.9. The van der Waals surface area contributed by atoms with Crippen molar-refractivity contribution in [3.63, 3.8) is 0 Å². The van der Waals surface area contributed by atoms with Crippen molar-refractivity contribution in [2.24, 2.45) is 5.92 Å². The van der Waals surface area contributed by atoms with Crippen LogP contribution in [-0.2, 0) is 20.5 Å². The Morgan fingerprint density at radius 1 is 1.12 bits per heavy atom. The Morgan fingerprint density at radius 2 is 1.83 bits per heavy atom. The summed E-state index contributed by atoms with van der Waals surface area (Å²) in [5, 5.41) is 0.228. The van der Waals surface area contributed by atoms with Gasteiger partial charge >= 0.3 is 0 Å². The highest BCUT2D eigenvalue weighted by Gasteiger charge is 2.38. The predicted molar refractivity (Wildman–Crippen MR) is 102 cm³/mol. The molecular formula is C20H32O3Si. The average Bonchev–Trinajstić information content (AvgIpc) is 2.54. The van der Waals surface area contributed by atoms with Crippen molar-refractivity contribution < 1.29 is 13.9 Å². The van der Waals surface area contributed by atoms with E-state index in [-0.39, 0.29) is 17.1 Å². The number of hydrogen-bond donors (Lipinski definition) is 0. The largest absolute Gasteiger partial charge is 0.416 e. The van der Waals surface area contributed by atoms with Crippen LogP contribution in [0, 0.1) is 5.92 Å². The van der Waals surface area contributed by atoms with E-state index < -0.39 is 8.32 Å². The van der Waals surface area contributed by atoms with Crippen molar-refractivity contribution in [3.05, 3.63) is 48.0 Å². The molecular weight excluding hydrogens is 316 g/mol. The van der Waals surface area contributed by atoms with Gasteiger partial charge in [-0.05, 0) is 23.7 Å². The van der Waals surface area contributed by atoms with Crippen LogP contribution >= 0.6 is 0 Å². The zero-order valence-electron chi connectivity index (χ0n) is 15.7. The minimum absolute atomic E-state index is 0.0727. The maximum atomic E-state index is 6.38. The van der Waals surface area contributed by atoms with Gasteiger partial charge in [0.2, 0.25) is 0 Å². The first-order valence-corrected chi connectivity index (χ1v) is 11.7. The van der Waals surface area contributed by atoms with E-state index in [1.54, 1.807) is 0 Å². The van der Waals surface area contributed by atoms with E-state index in [1.165, 1.54) is 5.56 Å². The molecule has 1 aliphatic heterocycles. The van der Waals surface area contributed by atoms with E-state index in [4.69, 9.17) is 13.9 Å². The van der Waals surface area contributed by atoms with Crippen LogP contribution in [0.5, 0.6) is 0 Å². The molecule has 0 spiro atoms. The summed E-state index contributed by atoms with van der Waals surface area (Å²) in [6.45, 7) is 14.0. The Bertz CT molecular complexity index is 519.